The SMILES string of the molecule is Cc1ccsc1C(=O)n1c(C)cc2cc(N)ccc21. The molecule has 0 bridgehead atoms. The van der Waals surface area contributed by atoms with E-state index >= 15 is 0 Å². The van der Waals surface area contributed by atoms with Crippen molar-refractivity contribution >= 4 is 33.8 Å². The molecule has 0 radical (unpaired) electrons. The number of hydrogen-bond donors (Lipinski definition) is 1. The molecule has 0 aliphatic rings. The lowest BCUT2D eigenvalue weighted by Crippen LogP contribution is -2.12. The molecule has 3 nitrogen and oxygen atoms in total. The second-order valence-electron chi connectivity index (χ2n) is 4.68. The number of carbonyl (C=O) groups excluding carboxylic acids is 1. The molecule has 0 spiro atoms. The third-order valence-electron chi connectivity index (χ3n) is 3.27. The minimum Gasteiger partial charge on any atom is -0.399 e. The standard InChI is InChI=1S/C15H14N2OS/c1-9-5-6-19-14(9)15(18)17-10(2)7-11-8-12(16)3-4-13(11)17/h3-8H,16H2,1-2H3. The highest BCUT2D eigenvalue weighted by Gasteiger charge is 2.17. The Kier molecular flexibility index (Phi) is 2.68. The number of fused-ring (bicyclic) bond motifs is 1. The summed E-state index contributed by atoms with van der Waals surface area (Å²) < 4.78 is 1.76. The summed E-state index contributed by atoms with van der Waals surface area (Å²) in [6.07, 6.45) is 0. The number of nitrogens with two attached hydrogens (primary N) is 1. The van der Waals surface area contributed by atoms with Crippen LogP contribution >= 0.6 is 11.3 Å². The van der Waals surface area contributed by atoms with Gasteiger partial charge in [0.05, 0.1) is 10.4 Å². The predicted octanol–water partition coefficient (Wildman–Crippen LogP) is 3.59. The quantitative estimate of drug-likeness (QED) is 0.687. The molecule has 0 saturated carbocycles. The van der Waals surface area contributed by atoms with E-state index in [0.717, 1.165) is 27.0 Å². The van der Waals surface area contributed by atoms with Gasteiger partial charge in [-0.3, -0.25) is 9.36 Å². The number of nitrogens with zero attached hydrogens (tertiary/aromatic N) is 1. The van der Waals surface area contributed by atoms with Crippen LogP contribution in [0.15, 0.2) is 35.7 Å². The van der Waals surface area contributed by atoms with E-state index in [1.54, 1.807) is 4.57 Å². The molecule has 2 N–H and O–H groups in total. The van der Waals surface area contributed by atoms with Crippen LogP contribution in [-0.4, -0.2) is 10.5 Å². The fraction of sp³-hybridized carbons (Fsp3) is 0.133. The third kappa shape index (κ3) is 1.85. The number of thiophene rings is 1. The van der Waals surface area contributed by atoms with E-state index in [4.69, 9.17) is 5.73 Å². The molecule has 0 aliphatic heterocycles. The average Bonchev–Trinajstić information content (AvgIpc) is 2.90. The van der Waals surface area contributed by atoms with Crippen molar-refractivity contribution in [2.75, 3.05) is 5.73 Å². The molecule has 3 rings (SSSR count). The van der Waals surface area contributed by atoms with Crippen LogP contribution in [0.4, 0.5) is 5.69 Å². The number of nitrogen functional groups attached to an aromatic ring is 1. The summed E-state index contributed by atoms with van der Waals surface area (Å²) in [4.78, 5) is 13.4. The van der Waals surface area contributed by atoms with E-state index in [2.05, 4.69) is 0 Å². The Balaban J connectivity index is 2.23. The summed E-state index contributed by atoms with van der Waals surface area (Å²) in [5.74, 6) is 0.0322. The highest BCUT2D eigenvalue weighted by atomic mass is 32.1. The fourth-order valence-electron chi connectivity index (χ4n) is 2.33. The topological polar surface area (TPSA) is 48.0 Å². The Bertz CT molecular complexity index is 783. The van der Waals surface area contributed by atoms with Gasteiger partial charge in [0.15, 0.2) is 0 Å². The largest absolute Gasteiger partial charge is 0.399 e. The van der Waals surface area contributed by atoms with E-state index in [9.17, 15) is 4.79 Å². The van der Waals surface area contributed by atoms with Crippen LogP contribution in [-0.2, 0) is 0 Å². The van der Waals surface area contributed by atoms with Gasteiger partial charge in [0.2, 0.25) is 0 Å². The molecule has 0 saturated heterocycles. The lowest BCUT2D eigenvalue weighted by atomic mass is 10.2. The van der Waals surface area contributed by atoms with Crippen LogP contribution in [0, 0.1) is 13.8 Å². The zero-order chi connectivity index (χ0) is 13.6. The molecular formula is C15H14N2OS. The molecular weight excluding hydrogens is 256 g/mol. The first-order valence-electron chi connectivity index (χ1n) is 6.04. The summed E-state index contributed by atoms with van der Waals surface area (Å²) in [6.45, 7) is 3.90. The Morgan fingerprint density at radius 3 is 2.68 bits per heavy atom. The van der Waals surface area contributed by atoms with Gasteiger partial charge >= 0.3 is 0 Å². The molecule has 0 fully saturated rings. The van der Waals surface area contributed by atoms with Crippen molar-refractivity contribution in [3.05, 3.63) is 51.8 Å². The van der Waals surface area contributed by atoms with Crippen molar-refractivity contribution in [2.45, 2.75) is 13.8 Å². The average molecular weight is 270 g/mol. The smallest absolute Gasteiger partial charge is 0.272 e. The summed E-state index contributed by atoms with van der Waals surface area (Å²) in [5.41, 5.74) is 9.35. The monoisotopic (exact) mass is 270 g/mol. The first kappa shape index (κ1) is 12.0. The van der Waals surface area contributed by atoms with Crippen LogP contribution in [0.1, 0.15) is 20.9 Å². The van der Waals surface area contributed by atoms with E-state index in [-0.39, 0.29) is 5.91 Å². The molecule has 4 heteroatoms. The summed E-state index contributed by atoms with van der Waals surface area (Å²) in [7, 11) is 0. The third-order valence-corrected chi connectivity index (χ3v) is 4.27. The molecule has 3 aromatic rings. The first-order chi connectivity index (χ1) is 9.08. The minimum atomic E-state index is 0.0322. The molecule has 19 heavy (non-hydrogen) atoms. The molecule has 0 atom stereocenters. The Morgan fingerprint density at radius 2 is 2.00 bits per heavy atom. The number of hydrogen-bond acceptors (Lipinski definition) is 3. The molecule has 0 unspecified atom stereocenters. The van der Waals surface area contributed by atoms with Crippen molar-refractivity contribution in [3.8, 4) is 0 Å². The summed E-state index contributed by atoms with van der Waals surface area (Å²) >= 11 is 1.48. The van der Waals surface area contributed by atoms with Gasteiger partial charge in [0, 0.05) is 16.8 Å². The van der Waals surface area contributed by atoms with Gasteiger partial charge < -0.3 is 5.73 Å². The van der Waals surface area contributed by atoms with E-state index < -0.39 is 0 Å². The summed E-state index contributed by atoms with van der Waals surface area (Å²) in [6, 6.07) is 9.59. The van der Waals surface area contributed by atoms with Crippen LogP contribution in [0.3, 0.4) is 0 Å². The number of aryl methyl sites for hydroxylation is 2. The number of rotatable bonds is 1. The van der Waals surface area contributed by atoms with Gasteiger partial charge in [-0.15, -0.1) is 11.3 Å². The van der Waals surface area contributed by atoms with Gasteiger partial charge in [0.1, 0.15) is 0 Å². The first-order valence-corrected chi connectivity index (χ1v) is 6.92. The molecule has 2 heterocycles. The normalized spacial score (nSPS) is 11.1. The lowest BCUT2D eigenvalue weighted by Gasteiger charge is -2.06. The van der Waals surface area contributed by atoms with Crippen LogP contribution in [0.5, 0.6) is 0 Å². The van der Waals surface area contributed by atoms with Crippen molar-refractivity contribution < 1.29 is 4.79 Å². The maximum absolute atomic E-state index is 12.7. The van der Waals surface area contributed by atoms with E-state index in [1.807, 2.05) is 49.6 Å². The molecule has 2 aromatic heterocycles. The number of anilines is 1. The summed E-state index contributed by atoms with van der Waals surface area (Å²) in [5, 5.41) is 2.95. The van der Waals surface area contributed by atoms with Crippen molar-refractivity contribution in [2.24, 2.45) is 0 Å². The van der Waals surface area contributed by atoms with Crippen LogP contribution < -0.4 is 5.73 Å². The maximum atomic E-state index is 12.7. The number of carbonyl (C=O) groups is 1. The number of aromatic nitrogens is 1. The van der Waals surface area contributed by atoms with Gasteiger partial charge in [-0.25, -0.2) is 0 Å². The van der Waals surface area contributed by atoms with E-state index in [0.29, 0.717) is 5.69 Å². The fourth-order valence-corrected chi connectivity index (χ4v) is 3.19. The van der Waals surface area contributed by atoms with Gasteiger partial charge in [0.25, 0.3) is 5.91 Å². The van der Waals surface area contributed by atoms with Gasteiger partial charge in [-0.05, 0) is 55.1 Å². The Hall–Kier alpha value is -2.07. The van der Waals surface area contributed by atoms with Gasteiger partial charge in [-0.1, -0.05) is 0 Å². The maximum Gasteiger partial charge on any atom is 0.272 e. The molecule has 1 aromatic carbocycles. The van der Waals surface area contributed by atoms with Crippen LogP contribution in [0.25, 0.3) is 10.9 Å². The molecule has 0 amide bonds. The van der Waals surface area contributed by atoms with E-state index in [1.165, 1.54) is 11.3 Å². The second kappa shape index (κ2) is 4.24. The van der Waals surface area contributed by atoms with Crippen LogP contribution in [0.2, 0.25) is 0 Å². The molecule has 0 aliphatic carbocycles. The Labute approximate surface area is 115 Å². The Morgan fingerprint density at radius 1 is 1.21 bits per heavy atom. The minimum absolute atomic E-state index is 0.0322. The zero-order valence-corrected chi connectivity index (χ0v) is 11.6. The van der Waals surface area contributed by atoms with Gasteiger partial charge in [-0.2, -0.15) is 0 Å². The number of benzene rings is 1. The highest BCUT2D eigenvalue weighted by molar-refractivity contribution is 7.12. The highest BCUT2D eigenvalue weighted by Crippen LogP contribution is 2.25. The van der Waals surface area contributed by atoms with Crippen molar-refractivity contribution in [3.63, 3.8) is 0 Å². The van der Waals surface area contributed by atoms with Crippen molar-refractivity contribution in [1.82, 2.24) is 4.57 Å². The zero-order valence-electron chi connectivity index (χ0n) is 10.8. The predicted molar refractivity (Wildman–Crippen MR) is 79.9 cm³/mol. The van der Waals surface area contributed by atoms with Crippen molar-refractivity contribution in [1.29, 1.82) is 0 Å². The second-order valence-corrected chi connectivity index (χ2v) is 5.59. The molecule has 96 valence electrons. The lowest BCUT2D eigenvalue weighted by molar-refractivity contribution is 0.0966.